The zero-order valence-electron chi connectivity index (χ0n) is 7.51. The highest BCUT2D eigenvalue weighted by Crippen LogP contribution is 2.26. The molecule has 2 aromatic rings. The van der Waals surface area contributed by atoms with Gasteiger partial charge in [-0.1, -0.05) is 6.07 Å². The van der Waals surface area contributed by atoms with Gasteiger partial charge in [-0.3, -0.25) is 0 Å². The highest BCUT2D eigenvalue weighted by atomic mass is 14.9. The van der Waals surface area contributed by atoms with Crippen molar-refractivity contribution in [3.8, 4) is 0 Å². The Morgan fingerprint density at radius 1 is 1.15 bits per heavy atom. The van der Waals surface area contributed by atoms with E-state index in [0.717, 1.165) is 0 Å². The fourth-order valence-corrected chi connectivity index (χ4v) is 2.24. The van der Waals surface area contributed by atoms with E-state index in [1.54, 1.807) is 6.33 Å². The summed E-state index contributed by atoms with van der Waals surface area (Å²) in [4.78, 5) is 7.53. The fraction of sp³-hybridized carbons (Fsp3) is 0.364. The van der Waals surface area contributed by atoms with E-state index in [-0.39, 0.29) is 0 Å². The topological polar surface area (TPSA) is 28.7 Å². The third-order valence-electron chi connectivity index (χ3n) is 2.92. The maximum absolute atomic E-state index is 4.38. The van der Waals surface area contributed by atoms with E-state index in [1.165, 1.54) is 47.8 Å². The smallest absolute Gasteiger partial charge is 0.0931 e. The molecule has 0 unspecified atom stereocenters. The number of nitrogens with one attached hydrogen (secondary N) is 1. The number of hydrogen-bond donors (Lipinski definition) is 1. The van der Waals surface area contributed by atoms with Crippen molar-refractivity contribution >= 4 is 11.0 Å². The summed E-state index contributed by atoms with van der Waals surface area (Å²) in [5, 5.41) is 0. The average molecular weight is 172 g/mol. The van der Waals surface area contributed by atoms with E-state index in [1.807, 2.05) is 0 Å². The number of nitrogens with zero attached hydrogens (tertiary/aromatic N) is 1. The molecular weight excluding hydrogens is 160 g/mol. The Hall–Kier alpha value is -1.31. The van der Waals surface area contributed by atoms with Crippen molar-refractivity contribution in [3.63, 3.8) is 0 Å². The third-order valence-corrected chi connectivity index (χ3v) is 2.92. The largest absolute Gasteiger partial charge is 0.345 e. The van der Waals surface area contributed by atoms with Crippen LogP contribution < -0.4 is 0 Å². The summed E-state index contributed by atoms with van der Waals surface area (Å²) in [5.41, 5.74) is 5.36. The zero-order valence-corrected chi connectivity index (χ0v) is 7.51. The summed E-state index contributed by atoms with van der Waals surface area (Å²) in [6, 6.07) is 4.39. The maximum Gasteiger partial charge on any atom is 0.0931 e. The van der Waals surface area contributed by atoms with Gasteiger partial charge in [0.1, 0.15) is 0 Å². The van der Waals surface area contributed by atoms with E-state index in [9.17, 15) is 0 Å². The minimum absolute atomic E-state index is 1.18. The van der Waals surface area contributed by atoms with Crippen LogP contribution in [0.25, 0.3) is 11.0 Å². The van der Waals surface area contributed by atoms with Crippen LogP contribution >= 0.6 is 0 Å². The van der Waals surface area contributed by atoms with E-state index >= 15 is 0 Å². The van der Waals surface area contributed by atoms with Crippen molar-refractivity contribution in [1.82, 2.24) is 9.97 Å². The highest BCUT2D eigenvalue weighted by molar-refractivity contribution is 5.79. The molecule has 0 fully saturated rings. The molecular formula is C11H12N2. The van der Waals surface area contributed by atoms with Gasteiger partial charge in [0.2, 0.25) is 0 Å². The van der Waals surface area contributed by atoms with Crippen molar-refractivity contribution in [2.24, 2.45) is 0 Å². The number of aromatic nitrogens is 2. The van der Waals surface area contributed by atoms with Crippen molar-refractivity contribution in [2.45, 2.75) is 25.7 Å². The molecule has 1 aliphatic carbocycles. The maximum atomic E-state index is 4.38. The van der Waals surface area contributed by atoms with Crippen LogP contribution in [0.15, 0.2) is 18.5 Å². The molecule has 66 valence electrons. The van der Waals surface area contributed by atoms with Gasteiger partial charge in [-0.15, -0.1) is 0 Å². The first-order chi connectivity index (χ1) is 6.45. The molecule has 1 heterocycles. The van der Waals surface area contributed by atoms with Crippen LogP contribution in [0.3, 0.4) is 0 Å². The Labute approximate surface area is 77.0 Å². The Balaban J connectivity index is 2.34. The third kappa shape index (κ3) is 0.981. The summed E-state index contributed by atoms with van der Waals surface area (Å²) >= 11 is 0. The van der Waals surface area contributed by atoms with E-state index < -0.39 is 0 Å². The second-order valence-corrected chi connectivity index (χ2v) is 3.71. The number of H-pyrrole nitrogens is 1. The summed E-state index contributed by atoms with van der Waals surface area (Å²) in [7, 11) is 0. The molecule has 0 amide bonds. The molecule has 0 radical (unpaired) electrons. The quantitative estimate of drug-likeness (QED) is 0.649. The first-order valence-corrected chi connectivity index (χ1v) is 4.89. The molecule has 1 aromatic heterocycles. The van der Waals surface area contributed by atoms with Gasteiger partial charge in [-0.2, -0.15) is 0 Å². The molecule has 0 saturated heterocycles. The monoisotopic (exact) mass is 172 g/mol. The van der Waals surface area contributed by atoms with Crippen molar-refractivity contribution in [3.05, 3.63) is 29.6 Å². The van der Waals surface area contributed by atoms with Crippen LogP contribution in [-0.4, -0.2) is 9.97 Å². The van der Waals surface area contributed by atoms with E-state index in [4.69, 9.17) is 0 Å². The summed E-state index contributed by atoms with van der Waals surface area (Å²) < 4.78 is 0. The molecule has 0 atom stereocenters. The molecule has 2 heteroatoms. The number of rotatable bonds is 0. The fourth-order valence-electron chi connectivity index (χ4n) is 2.24. The van der Waals surface area contributed by atoms with Crippen LogP contribution in [0.4, 0.5) is 0 Å². The van der Waals surface area contributed by atoms with Gasteiger partial charge in [-0.05, 0) is 42.9 Å². The van der Waals surface area contributed by atoms with Gasteiger partial charge >= 0.3 is 0 Å². The van der Waals surface area contributed by atoms with Crippen molar-refractivity contribution < 1.29 is 0 Å². The highest BCUT2D eigenvalue weighted by Gasteiger charge is 2.12. The molecule has 0 aliphatic heterocycles. The van der Waals surface area contributed by atoms with Crippen LogP contribution in [0.1, 0.15) is 24.0 Å². The van der Waals surface area contributed by atoms with E-state index in [2.05, 4.69) is 22.1 Å². The molecule has 1 N–H and O–H groups in total. The Morgan fingerprint density at radius 3 is 3.08 bits per heavy atom. The second-order valence-electron chi connectivity index (χ2n) is 3.71. The lowest BCUT2D eigenvalue weighted by Gasteiger charge is -2.15. The first-order valence-electron chi connectivity index (χ1n) is 4.89. The molecule has 0 saturated carbocycles. The molecule has 0 spiro atoms. The molecule has 2 nitrogen and oxygen atoms in total. The van der Waals surface area contributed by atoms with Gasteiger partial charge in [0.15, 0.2) is 0 Å². The summed E-state index contributed by atoms with van der Waals surface area (Å²) in [5.74, 6) is 0. The SMILES string of the molecule is c1nc2c3c(ccc2[nH]1)CCCC3. The summed E-state index contributed by atoms with van der Waals surface area (Å²) in [6.07, 6.45) is 6.89. The Morgan fingerprint density at radius 2 is 2.08 bits per heavy atom. The molecule has 13 heavy (non-hydrogen) atoms. The van der Waals surface area contributed by atoms with Crippen LogP contribution in [0.2, 0.25) is 0 Å². The van der Waals surface area contributed by atoms with Gasteiger partial charge in [0.25, 0.3) is 0 Å². The van der Waals surface area contributed by atoms with Crippen molar-refractivity contribution in [1.29, 1.82) is 0 Å². The molecule has 1 aliphatic rings. The average Bonchev–Trinajstić information content (AvgIpc) is 2.65. The second kappa shape index (κ2) is 2.59. The van der Waals surface area contributed by atoms with Crippen molar-refractivity contribution in [2.75, 3.05) is 0 Å². The van der Waals surface area contributed by atoms with Gasteiger partial charge in [-0.25, -0.2) is 4.98 Å². The number of imidazole rings is 1. The Kier molecular flexibility index (Phi) is 1.42. The lowest BCUT2D eigenvalue weighted by molar-refractivity contribution is 0.689. The van der Waals surface area contributed by atoms with Crippen LogP contribution in [0.5, 0.6) is 0 Å². The van der Waals surface area contributed by atoms with E-state index in [0.29, 0.717) is 0 Å². The van der Waals surface area contributed by atoms with Gasteiger partial charge < -0.3 is 4.98 Å². The molecule has 0 bridgehead atoms. The number of benzene rings is 1. The number of aromatic amines is 1. The number of aryl methyl sites for hydroxylation is 2. The molecule has 1 aromatic carbocycles. The molecule has 3 rings (SSSR count). The lowest BCUT2D eigenvalue weighted by atomic mass is 9.91. The van der Waals surface area contributed by atoms with Gasteiger partial charge in [0.05, 0.1) is 17.4 Å². The first kappa shape index (κ1) is 7.13. The standard InChI is InChI=1S/C11H12N2/c1-2-4-9-8(3-1)5-6-10-11(9)13-7-12-10/h5-7H,1-4H2,(H,12,13). The minimum Gasteiger partial charge on any atom is -0.345 e. The minimum atomic E-state index is 1.18. The predicted octanol–water partition coefficient (Wildman–Crippen LogP) is 2.44. The lowest BCUT2D eigenvalue weighted by Crippen LogP contribution is -2.02. The predicted molar refractivity (Wildman–Crippen MR) is 52.7 cm³/mol. The Bertz CT molecular complexity index is 442. The summed E-state index contributed by atoms with van der Waals surface area (Å²) in [6.45, 7) is 0. The normalized spacial score (nSPS) is 16.0. The van der Waals surface area contributed by atoms with Gasteiger partial charge in [0, 0.05) is 0 Å². The number of fused-ring (bicyclic) bond motifs is 3. The number of hydrogen-bond acceptors (Lipinski definition) is 1. The van der Waals surface area contributed by atoms with Crippen LogP contribution in [-0.2, 0) is 12.8 Å². The van der Waals surface area contributed by atoms with Crippen LogP contribution in [0, 0.1) is 0 Å². The zero-order chi connectivity index (χ0) is 8.67.